The summed E-state index contributed by atoms with van der Waals surface area (Å²) in [5.41, 5.74) is 5.73. The van der Waals surface area contributed by atoms with E-state index in [9.17, 15) is 8.42 Å². The smallest absolute Gasteiger partial charge is 0.248 e. The molecule has 1 aliphatic heterocycles. The predicted molar refractivity (Wildman–Crippen MR) is 67.3 cm³/mol. The van der Waals surface area contributed by atoms with Crippen LogP contribution in [0.1, 0.15) is 26.2 Å². The van der Waals surface area contributed by atoms with Crippen LogP contribution in [0.15, 0.2) is 11.1 Å². The largest absolute Gasteiger partial charge is 0.381 e. The minimum atomic E-state index is -3.46. The van der Waals surface area contributed by atoms with Gasteiger partial charge in [0.15, 0.2) is 5.82 Å². The molecular weight excluding hydrogens is 252 g/mol. The number of nitrogen functional groups attached to an aromatic ring is 1. The van der Waals surface area contributed by atoms with E-state index in [4.69, 9.17) is 5.73 Å². The molecule has 3 rings (SSSR count). The van der Waals surface area contributed by atoms with E-state index in [1.807, 2.05) is 6.92 Å². The molecule has 1 saturated carbocycles. The molecule has 0 radical (unpaired) electrons. The van der Waals surface area contributed by atoms with Crippen LogP contribution in [0.4, 0.5) is 5.82 Å². The molecule has 7 heteroatoms. The van der Waals surface area contributed by atoms with Crippen LogP contribution in [0.2, 0.25) is 0 Å². The SMILES string of the molecule is CCn1cc(S(=O)(=O)N2CC3CCC2C3)c(N)n1. The average molecular weight is 270 g/mol. The van der Waals surface area contributed by atoms with Crippen molar-refractivity contribution in [2.45, 2.75) is 43.7 Å². The van der Waals surface area contributed by atoms with Gasteiger partial charge in [0.25, 0.3) is 0 Å². The summed E-state index contributed by atoms with van der Waals surface area (Å²) >= 11 is 0. The predicted octanol–water partition coefficient (Wildman–Crippen LogP) is 0.658. The van der Waals surface area contributed by atoms with Gasteiger partial charge in [0.05, 0.1) is 0 Å². The fourth-order valence-corrected chi connectivity index (χ4v) is 4.88. The Morgan fingerprint density at radius 2 is 2.28 bits per heavy atom. The zero-order valence-corrected chi connectivity index (χ0v) is 11.2. The maximum Gasteiger partial charge on any atom is 0.248 e. The Bertz CT molecular complexity index is 566. The number of rotatable bonds is 3. The third-order valence-electron chi connectivity index (χ3n) is 4.02. The highest BCUT2D eigenvalue weighted by molar-refractivity contribution is 7.89. The summed E-state index contributed by atoms with van der Waals surface area (Å²) in [6.07, 6.45) is 4.67. The second-order valence-electron chi connectivity index (χ2n) is 5.14. The van der Waals surface area contributed by atoms with Gasteiger partial charge in [-0.25, -0.2) is 8.42 Å². The van der Waals surface area contributed by atoms with E-state index in [1.54, 1.807) is 8.99 Å². The second-order valence-corrected chi connectivity index (χ2v) is 7.00. The number of piperidine rings is 1. The zero-order valence-electron chi connectivity index (χ0n) is 10.4. The van der Waals surface area contributed by atoms with Gasteiger partial charge in [0.2, 0.25) is 10.0 Å². The molecule has 1 aromatic heterocycles. The number of fused-ring (bicyclic) bond motifs is 2. The summed E-state index contributed by atoms with van der Waals surface area (Å²) in [5.74, 6) is 0.645. The van der Waals surface area contributed by atoms with E-state index >= 15 is 0 Å². The molecule has 0 aromatic carbocycles. The first-order valence-electron chi connectivity index (χ1n) is 6.37. The van der Waals surface area contributed by atoms with Crippen LogP contribution in [0.3, 0.4) is 0 Å². The molecule has 2 bridgehead atoms. The number of hydrogen-bond acceptors (Lipinski definition) is 4. The third kappa shape index (κ3) is 1.65. The van der Waals surface area contributed by atoms with Crippen LogP contribution in [0, 0.1) is 5.92 Å². The molecule has 18 heavy (non-hydrogen) atoms. The molecule has 1 aliphatic carbocycles. The molecule has 1 aromatic rings. The van der Waals surface area contributed by atoms with Gasteiger partial charge in [0.1, 0.15) is 4.90 Å². The summed E-state index contributed by atoms with van der Waals surface area (Å²) in [4.78, 5) is 0.164. The van der Waals surface area contributed by atoms with Crippen molar-refractivity contribution in [2.24, 2.45) is 5.92 Å². The highest BCUT2D eigenvalue weighted by Gasteiger charge is 2.45. The molecule has 1 saturated heterocycles. The standard InChI is InChI=1S/C11H18N4O2S/c1-2-14-7-10(11(12)13-14)18(16,17)15-6-8-3-4-9(15)5-8/h7-9H,2-6H2,1H3,(H2,12,13). The van der Waals surface area contributed by atoms with Gasteiger partial charge in [-0.1, -0.05) is 0 Å². The fraction of sp³-hybridized carbons (Fsp3) is 0.727. The molecule has 100 valence electrons. The quantitative estimate of drug-likeness (QED) is 0.874. The summed E-state index contributed by atoms with van der Waals surface area (Å²) < 4.78 is 28.3. The summed E-state index contributed by atoms with van der Waals surface area (Å²) in [6.45, 7) is 3.16. The van der Waals surface area contributed by atoms with E-state index in [0.29, 0.717) is 19.0 Å². The van der Waals surface area contributed by atoms with Gasteiger partial charge in [-0.05, 0) is 32.1 Å². The Kier molecular flexibility index (Phi) is 2.63. The van der Waals surface area contributed by atoms with Crippen LogP contribution in [0.5, 0.6) is 0 Å². The topological polar surface area (TPSA) is 81.2 Å². The molecule has 2 unspecified atom stereocenters. The van der Waals surface area contributed by atoms with Crippen LogP contribution in [-0.4, -0.2) is 35.1 Å². The fourth-order valence-electron chi connectivity index (χ4n) is 3.08. The first-order valence-corrected chi connectivity index (χ1v) is 7.81. The van der Waals surface area contributed by atoms with Crippen LogP contribution in [0.25, 0.3) is 0 Å². The number of anilines is 1. The van der Waals surface area contributed by atoms with Crippen molar-refractivity contribution in [3.05, 3.63) is 6.20 Å². The molecule has 2 fully saturated rings. The van der Waals surface area contributed by atoms with Crippen molar-refractivity contribution in [3.8, 4) is 0 Å². The molecule has 6 nitrogen and oxygen atoms in total. The lowest BCUT2D eigenvalue weighted by Gasteiger charge is -2.25. The molecule has 2 N–H and O–H groups in total. The minimum absolute atomic E-state index is 0.111. The van der Waals surface area contributed by atoms with E-state index < -0.39 is 10.0 Å². The lowest BCUT2D eigenvalue weighted by molar-refractivity contribution is 0.333. The average Bonchev–Trinajstić information content (AvgIpc) is 3.02. The van der Waals surface area contributed by atoms with Crippen LogP contribution in [-0.2, 0) is 16.6 Å². The molecule has 2 atom stereocenters. The van der Waals surface area contributed by atoms with Gasteiger partial charge >= 0.3 is 0 Å². The Hall–Kier alpha value is -1.08. The monoisotopic (exact) mass is 270 g/mol. The van der Waals surface area contributed by atoms with E-state index in [-0.39, 0.29) is 16.8 Å². The maximum atomic E-state index is 12.6. The van der Waals surface area contributed by atoms with Gasteiger partial charge in [-0.15, -0.1) is 0 Å². The Balaban J connectivity index is 1.97. The molecule has 0 spiro atoms. The van der Waals surface area contributed by atoms with E-state index in [2.05, 4.69) is 5.10 Å². The first kappa shape index (κ1) is 12.0. The van der Waals surface area contributed by atoms with Crippen LogP contribution >= 0.6 is 0 Å². The van der Waals surface area contributed by atoms with Crippen molar-refractivity contribution in [2.75, 3.05) is 12.3 Å². The van der Waals surface area contributed by atoms with E-state index in [1.165, 1.54) is 6.20 Å². The van der Waals surface area contributed by atoms with Crippen molar-refractivity contribution in [1.82, 2.24) is 14.1 Å². The second kappa shape index (κ2) is 3.96. The van der Waals surface area contributed by atoms with Crippen molar-refractivity contribution < 1.29 is 8.42 Å². The number of hydrogen-bond donors (Lipinski definition) is 1. The molecule has 2 aliphatic rings. The maximum absolute atomic E-state index is 12.6. The number of aromatic nitrogens is 2. The van der Waals surface area contributed by atoms with Gasteiger partial charge < -0.3 is 5.73 Å². The van der Waals surface area contributed by atoms with E-state index in [0.717, 1.165) is 19.3 Å². The number of nitrogens with zero attached hydrogens (tertiary/aromatic N) is 3. The lowest BCUT2D eigenvalue weighted by Crippen LogP contribution is -2.37. The summed E-state index contributed by atoms with van der Waals surface area (Å²) in [7, 11) is -3.46. The zero-order chi connectivity index (χ0) is 12.9. The van der Waals surface area contributed by atoms with Crippen molar-refractivity contribution >= 4 is 15.8 Å². The number of nitrogens with two attached hydrogens (primary N) is 1. The third-order valence-corrected chi connectivity index (χ3v) is 5.96. The molecule has 0 amide bonds. The Morgan fingerprint density at radius 3 is 2.78 bits per heavy atom. The highest BCUT2D eigenvalue weighted by Crippen LogP contribution is 2.41. The van der Waals surface area contributed by atoms with Crippen LogP contribution < -0.4 is 5.73 Å². The highest BCUT2D eigenvalue weighted by atomic mass is 32.2. The van der Waals surface area contributed by atoms with Crippen molar-refractivity contribution in [1.29, 1.82) is 0 Å². The summed E-state index contributed by atoms with van der Waals surface area (Å²) in [6, 6.07) is 0.171. The van der Waals surface area contributed by atoms with Crippen molar-refractivity contribution in [3.63, 3.8) is 0 Å². The normalized spacial score (nSPS) is 28.1. The molecule has 2 heterocycles. The van der Waals surface area contributed by atoms with Gasteiger partial charge in [-0.3, -0.25) is 4.68 Å². The number of aryl methyl sites for hydroxylation is 1. The lowest BCUT2D eigenvalue weighted by atomic mass is 10.1. The number of sulfonamides is 1. The Labute approximate surface area is 107 Å². The summed E-state index contributed by atoms with van der Waals surface area (Å²) in [5, 5.41) is 4.02. The molecular formula is C11H18N4O2S. The first-order chi connectivity index (χ1) is 8.52. The van der Waals surface area contributed by atoms with Gasteiger partial charge in [-0.2, -0.15) is 9.40 Å². The Morgan fingerprint density at radius 1 is 1.50 bits per heavy atom. The minimum Gasteiger partial charge on any atom is -0.381 e. The van der Waals surface area contributed by atoms with Gasteiger partial charge in [0, 0.05) is 25.3 Å².